The van der Waals surface area contributed by atoms with Crippen molar-refractivity contribution in [3.8, 4) is 0 Å². The lowest BCUT2D eigenvalue weighted by atomic mass is 10.1. The summed E-state index contributed by atoms with van der Waals surface area (Å²) in [5.41, 5.74) is 1.04. The standard InChI is InChI=1S/C13H16O2/c1-3-8-13(14)15-12(4-2)11-9-6-5-7-10-11/h3,5-7,9-10,12H,1,4,8H2,2H3. The SMILES string of the molecule is C=CCC(=O)OC(CC)c1ccccc1. The number of ether oxygens (including phenoxy) is 1. The molecule has 1 aromatic rings. The van der Waals surface area contributed by atoms with Crippen LogP contribution in [0.1, 0.15) is 31.4 Å². The van der Waals surface area contributed by atoms with E-state index in [-0.39, 0.29) is 18.5 Å². The van der Waals surface area contributed by atoms with Crippen molar-refractivity contribution < 1.29 is 9.53 Å². The van der Waals surface area contributed by atoms with Crippen molar-refractivity contribution in [1.29, 1.82) is 0 Å². The molecule has 0 saturated carbocycles. The summed E-state index contributed by atoms with van der Waals surface area (Å²) in [7, 11) is 0. The fourth-order valence-electron chi connectivity index (χ4n) is 1.38. The van der Waals surface area contributed by atoms with Gasteiger partial charge in [-0.05, 0) is 12.0 Å². The van der Waals surface area contributed by atoms with E-state index in [0.29, 0.717) is 0 Å². The molecule has 1 atom stereocenters. The van der Waals surface area contributed by atoms with Crippen molar-refractivity contribution in [3.63, 3.8) is 0 Å². The first-order valence-corrected chi connectivity index (χ1v) is 5.13. The molecule has 0 heterocycles. The highest BCUT2D eigenvalue weighted by Gasteiger charge is 2.12. The molecule has 1 aromatic carbocycles. The molecular weight excluding hydrogens is 188 g/mol. The molecule has 2 heteroatoms. The van der Waals surface area contributed by atoms with Gasteiger partial charge in [-0.1, -0.05) is 43.3 Å². The average molecular weight is 204 g/mol. The van der Waals surface area contributed by atoms with Gasteiger partial charge in [0.05, 0.1) is 6.42 Å². The molecule has 80 valence electrons. The highest BCUT2D eigenvalue weighted by atomic mass is 16.5. The average Bonchev–Trinajstić information content (AvgIpc) is 2.27. The first kappa shape index (κ1) is 11.5. The molecule has 0 saturated heterocycles. The van der Waals surface area contributed by atoms with Gasteiger partial charge in [-0.2, -0.15) is 0 Å². The molecule has 0 amide bonds. The fraction of sp³-hybridized carbons (Fsp3) is 0.308. The second kappa shape index (κ2) is 6.02. The Morgan fingerprint density at radius 1 is 1.47 bits per heavy atom. The Hall–Kier alpha value is -1.57. The molecule has 15 heavy (non-hydrogen) atoms. The van der Waals surface area contributed by atoms with Gasteiger partial charge in [-0.15, -0.1) is 6.58 Å². The van der Waals surface area contributed by atoms with Crippen LogP contribution in [0.2, 0.25) is 0 Å². The van der Waals surface area contributed by atoms with Gasteiger partial charge in [0.1, 0.15) is 6.10 Å². The maximum Gasteiger partial charge on any atom is 0.310 e. The number of hydrogen-bond acceptors (Lipinski definition) is 2. The topological polar surface area (TPSA) is 26.3 Å². The lowest BCUT2D eigenvalue weighted by Gasteiger charge is -2.15. The van der Waals surface area contributed by atoms with Crippen molar-refractivity contribution in [2.24, 2.45) is 0 Å². The summed E-state index contributed by atoms with van der Waals surface area (Å²) in [6, 6.07) is 9.77. The van der Waals surface area contributed by atoms with E-state index in [4.69, 9.17) is 4.74 Å². The normalized spacial score (nSPS) is 11.8. The van der Waals surface area contributed by atoms with Crippen LogP contribution in [0.5, 0.6) is 0 Å². The van der Waals surface area contributed by atoms with E-state index < -0.39 is 0 Å². The molecule has 0 fully saturated rings. The van der Waals surface area contributed by atoms with Gasteiger partial charge in [-0.3, -0.25) is 4.79 Å². The molecule has 0 aliphatic heterocycles. The Labute approximate surface area is 90.6 Å². The molecule has 1 rings (SSSR count). The minimum atomic E-state index is -0.222. The Kier molecular flexibility index (Phi) is 4.61. The first-order chi connectivity index (χ1) is 7.27. The minimum absolute atomic E-state index is 0.140. The Balaban J connectivity index is 2.64. The monoisotopic (exact) mass is 204 g/mol. The summed E-state index contributed by atoms with van der Waals surface area (Å²) < 4.78 is 5.32. The summed E-state index contributed by atoms with van der Waals surface area (Å²) in [5.74, 6) is -0.222. The summed E-state index contributed by atoms with van der Waals surface area (Å²) in [6.45, 7) is 5.50. The predicted octanol–water partition coefficient (Wildman–Crippen LogP) is 3.26. The number of hydrogen-bond donors (Lipinski definition) is 0. The van der Waals surface area contributed by atoms with Crippen LogP contribution >= 0.6 is 0 Å². The van der Waals surface area contributed by atoms with Crippen LogP contribution in [0.3, 0.4) is 0 Å². The van der Waals surface area contributed by atoms with Crippen molar-refractivity contribution in [2.75, 3.05) is 0 Å². The molecule has 0 radical (unpaired) electrons. The van der Waals surface area contributed by atoms with Crippen molar-refractivity contribution in [3.05, 3.63) is 48.6 Å². The number of benzene rings is 1. The number of carbonyl (C=O) groups excluding carboxylic acids is 1. The maximum absolute atomic E-state index is 11.3. The van der Waals surface area contributed by atoms with Crippen LogP contribution in [0.15, 0.2) is 43.0 Å². The van der Waals surface area contributed by atoms with Gasteiger partial charge in [0, 0.05) is 0 Å². The highest BCUT2D eigenvalue weighted by Crippen LogP contribution is 2.20. The third kappa shape index (κ3) is 3.58. The number of carbonyl (C=O) groups is 1. The van der Waals surface area contributed by atoms with E-state index in [1.54, 1.807) is 6.08 Å². The van der Waals surface area contributed by atoms with Gasteiger partial charge < -0.3 is 4.74 Å². The zero-order valence-electron chi connectivity index (χ0n) is 8.98. The summed E-state index contributed by atoms with van der Waals surface area (Å²) in [4.78, 5) is 11.3. The van der Waals surface area contributed by atoms with E-state index in [1.807, 2.05) is 37.3 Å². The largest absolute Gasteiger partial charge is 0.457 e. The Morgan fingerprint density at radius 2 is 2.13 bits per heavy atom. The van der Waals surface area contributed by atoms with E-state index in [1.165, 1.54) is 0 Å². The molecule has 0 aliphatic carbocycles. The van der Waals surface area contributed by atoms with E-state index in [9.17, 15) is 4.79 Å². The lowest BCUT2D eigenvalue weighted by Crippen LogP contribution is -2.09. The van der Waals surface area contributed by atoms with Crippen molar-refractivity contribution in [2.45, 2.75) is 25.9 Å². The van der Waals surface area contributed by atoms with Crippen LogP contribution in [-0.4, -0.2) is 5.97 Å². The van der Waals surface area contributed by atoms with Gasteiger partial charge in [0.15, 0.2) is 0 Å². The highest BCUT2D eigenvalue weighted by molar-refractivity contribution is 5.71. The molecule has 0 aromatic heterocycles. The van der Waals surface area contributed by atoms with Crippen molar-refractivity contribution in [1.82, 2.24) is 0 Å². The second-order valence-electron chi connectivity index (χ2n) is 3.29. The van der Waals surface area contributed by atoms with Gasteiger partial charge in [0.2, 0.25) is 0 Å². The third-order valence-corrected chi connectivity index (χ3v) is 2.13. The molecule has 2 nitrogen and oxygen atoms in total. The van der Waals surface area contributed by atoms with E-state index >= 15 is 0 Å². The molecule has 0 N–H and O–H groups in total. The smallest absolute Gasteiger partial charge is 0.310 e. The van der Waals surface area contributed by atoms with Gasteiger partial charge >= 0.3 is 5.97 Å². The number of rotatable bonds is 5. The second-order valence-corrected chi connectivity index (χ2v) is 3.29. The van der Waals surface area contributed by atoms with Crippen LogP contribution < -0.4 is 0 Å². The van der Waals surface area contributed by atoms with Gasteiger partial charge in [0.25, 0.3) is 0 Å². The predicted molar refractivity (Wildman–Crippen MR) is 60.4 cm³/mol. The number of esters is 1. The molecule has 0 aliphatic rings. The van der Waals surface area contributed by atoms with E-state index in [0.717, 1.165) is 12.0 Å². The molecule has 0 spiro atoms. The zero-order chi connectivity index (χ0) is 11.1. The third-order valence-electron chi connectivity index (χ3n) is 2.13. The maximum atomic E-state index is 11.3. The molecule has 0 bridgehead atoms. The minimum Gasteiger partial charge on any atom is -0.457 e. The Bertz CT molecular complexity index is 317. The molecular formula is C13H16O2. The Morgan fingerprint density at radius 3 is 2.67 bits per heavy atom. The summed E-state index contributed by atoms with van der Waals surface area (Å²) in [5, 5.41) is 0. The quantitative estimate of drug-likeness (QED) is 0.543. The van der Waals surface area contributed by atoms with Crippen molar-refractivity contribution >= 4 is 5.97 Å². The van der Waals surface area contributed by atoms with Crippen LogP contribution in [0, 0.1) is 0 Å². The summed E-state index contributed by atoms with van der Waals surface area (Å²) in [6.07, 6.45) is 2.47. The first-order valence-electron chi connectivity index (χ1n) is 5.13. The zero-order valence-corrected chi connectivity index (χ0v) is 8.98. The summed E-state index contributed by atoms with van der Waals surface area (Å²) >= 11 is 0. The molecule has 1 unspecified atom stereocenters. The fourth-order valence-corrected chi connectivity index (χ4v) is 1.38. The van der Waals surface area contributed by atoms with E-state index in [2.05, 4.69) is 6.58 Å². The van der Waals surface area contributed by atoms with Gasteiger partial charge in [-0.25, -0.2) is 0 Å². The van der Waals surface area contributed by atoms with Crippen LogP contribution in [0.25, 0.3) is 0 Å². The lowest BCUT2D eigenvalue weighted by molar-refractivity contribution is -0.148. The van der Waals surface area contributed by atoms with Crippen LogP contribution in [-0.2, 0) is 9.53 Å². The van der Waals surface area contributed by atoms with Crippen LogP contribution in [0.4, 0.5) is 0 Å².